The van der Waals surface area contributed by atoms with Crippen LogP contribution in [0.1, 0.15) is 40.9 Å². The van der Waals surface area contributed by atoms with E-state index >= 15 is 0 Å². The molecule has 0 saturated carbocycles. The third-order valence-corrected chi connectivity index (χ3v) is 6.65. The highest BCUT2D eigenvalue weighted by molar-refractivity contribution is 6.04. The van der Waals surface area contributed by atoms with Gasteiger partial charge in [-0.2, -0.15) is 13.2 Å². The van der Waals surface area contributed by atoms with Crippen LogP contribution in [0.4, 0.5) is 24.7 Å². The molecule has 3 aromatic rings. The van der Waals surface area contributed by atoms with Crippen molar-refractivity contribution in [2.75, 3.05) is 43.5 Å². The third kappa shape index (κ3) is 8.14. The zero-order valence-electron chi connectivity index (χ0n) is 23.0. The highest BCUT2D eigenvalue weighted by atomic mass is 19.4. The number of benzene rings is 2. The van der Waals surface area contributed by atoms with Gasteiger partial charge in [-0.05, 0) is 48.9 Å². The summed E-state index contributed by atoms with van der Waals surface area (Å²) in [6.45, 7) is 9.31. The van der Waals surface area contributed by atoms with E-state index in [0.717, 1.165) is 25.7 Å². The van der Waals surface area contributed by atoms with Crippen LogP contribution in [0.5, 0.6) is 11.6 Å². The summed E-state index contributed by atoms with van der Waals surface area (Å²) in [5, 5.41) is 2.57. The molecule has 0 bridgehead atoms. The molecule has 1 aliphatic heterocycles. The van der Waals surface area contributed by atoms with Crippen molar-refractivity contribution < 1.29 is 27.5 Å². The smallest absolute Gasteiger partial charge is 0.416 e. The van der Waals surface area contributed by atoms with Gasteiger partial charge in [0.2, 0.25) is 11.8 Å². The maximum Gasteiger partial charge on any atom is 0.416 e. The van der Waals surface area contributed by atoms with Gasteiger partial charge < -0.3 is 15.0 Å². The Balaban J connectivity index is 1.47. The average molecular weight is 572 g/mol. The van der Waals surface area contributed by atoms with Crippen molar-refractivity contribution in [3.05, 3.63) is 71.0 Å². The van der Waals surface area contributed by atoms with Gasteiger partial charge in [-0.1, -0.05) is 19.1 Å². The molecule has 2 amide bonds. The number of amides is 2. The van der Waals surface area contributed by atoms with Gasteiger partial charge in [-0.15, -0.1) is 0 Å². The fourth-order valence-corrected chi connectivity index (χ4v) is 4.34. The highest BCUT2D eigenvalue weighted by Crippen LogP contribution is 2.35. The van der Waals surface area contributed by atoms with E-state index in [1.165, 1.54) is 37.5 Å². The second-order valence-electron chi connectivity index (χ2n) is 9.66. The first kappa shape index (κ1) is 29.7. The van der Waals surface area contributed by atoms with Crippen LogP contribution in [0, 0.1) is 6.92 Å². The summed E-state index contributed by atoms with van der Waals surface area (Å²) in [6.07, 6.45) is -3.34. The number of alkyl halides is 3. The Labute approximate surface area is 235 Å². The molecule has 3 N–H and O–H groups in total. The molecule has 1 aliphatic rings. The molecule has 1 fully saturated rings. The Hall–Kier alpha value is -4.23. The van der Waals surface area contributed by atoms with Crippen molar-refractivity contribution in [2.24, 2.45) is 0 Å². The largest absolute Gasteiger partial charge is 0.439 e. The Bertz CT molecular complexity index is 1390. The number of piperazine rings is 1. The first-order valence-corrected chi connectivity index (χ1v) is 13.1. The highest BCUT2D eigenvalue weighted by Gasteiger charge is 2.34. The molecule has 10 nitrogen and oxygen atoms in total. The quantitative estimate of drug-likeness (QED) is 0.323. The van der Waals surface area contributed by atoms with E-state index in [1.54, 1.807) is 19.1 Å². The molecule has 1 aromatic heterocycles. The predicted octanol–water partition coefficient (Wildman–Crippen LogP) is 4.45. The molecule has 0 aliphatic carbocycles. The monoisotopic (exact) mass is 571 g/mol. The van der Waals surface area contributed by atoms with E-state index in [2.05, 4.69) is 38.0 Å². The SMILES string of the molecule is CCN1CCN(Cc2ccc(NC(=O)c3ccc(C)c(Oc4cc(NNC(C)=O)ncn4)c3)cc2C(F)(F)F)CC1. The van der Waals surface area contributed by atoms with Gasteiger partial charge in [0.15, 0.2) is 5.82 Å². The van der Waals surface area contributed by atoms with Crippen LogP contribution in [0.3, 0.4) is 0 Å². The minimum atomic E-state index is -4.57. The number of rotatable bonds is 9. The van der Waals surface area contributed by atoms with Crippen molar-refractivity contribution >= 4 is 23.3 Å². The van der Waals surface area contributed by atoms with E-state index in [0.29, 0.717) is 24.4 Å². The number of anilines is 2. The van der Waals surface area contributed by atoms with Gasteiger partial charge >= 0.3 is 6.18 Å². The van der Waals surface area contributed by atoms with Crippen LogP contribution in [-0.2, 0) is 17.5 Å². The standard InChI is InChI=1S/C28H32F3N7O3/c1-4-37-9-11-38(12-10-37)16-21-7-8-22(14-23(21)28(29,30)31)34-27(40)20-6-5-18(2)24(13-20)41-26-15-25(32-17-33-26)36-35-19(3)39/h5-8,13-15,17H,4,9-12,16H2,1-3H3,(H,34,40)(H,35,39)(H,32,33,36). The molecule has 13 heteroatoms. The Morgan fingerprint density at radius 1 is 1.00 bits per heavy atom. The van der Waals surface area contributed by atoms with Crippen molar-refractivity contribution in [3.8, 4) is 11.6 Å². The number of ether oxygens (including phenoxy) is 1. The summed E-state index contributed by atoms with van der Waals surface area (Å²) in [6, 6.07) is 10.0. The lowest BCUT2D eigenvalue weighted by atomic mass is 10.0. The van der Waals surface area contributed by atoms with Crippen LogP contribution in [0.2, 0.25) is 0 Å². The molecule has 0 atom stereocenters. The van der Waals surface area contributed by atoms with Crippen LogP contribution < -0.4 is 20.9 Å². The van der Waals surface area contributed by atoms with Crippen molar-refractivity contribution in [1.82, 2.24) is 25.2 Å². The summed E-state index contributed by atoms with van der Waals surface area (Å²) >= 11 is 0. The maximum absolute atomic E-state index is 14.0. The normalized spacial score (nSPS) is 14.4. The van der Waals surface area contributed by atoms with Gasteiger partial charge in [0.05, 0.1) is 5.56 Å². The first-order valence-electron chi connectivity index (χ1n) is 13.1. The Morgan fingerprint density at radius 2 is 1.73 bits per heavy atom. The first-order chi connectivity index (χ1) is 19.5. The van der Waals surface area contributed by atoms with Gasteiger partial charge in [0.25, 0.3) is 5.91 Å². The van der Waals surface area contributed by atoms with Crippen LogP contribution in [0.15, 0.2) is 48.8 Å². The molecule has 0 radical (unpaired) electrons. The number of nitrogens with zero attached hydrogens (tertiary/aromatic N) is 4. The molecular weight excluding hydrogens is 539 g/mol. The fourth-order valence-electron chi connectivity index (χ4n) is 4.34. The molecule has 2 heterocycles. The van der Waals surface area contributed by atoms with E-state index in [4.69, 9.17) is 4.74 Å². The summed E-state index contributed by atoms with van der Waals surface area (Å²) in [7, 11) is 0. The summed E-state index contributed by atoms with van der Waals surface area (Å²) in [4.78, 5) is 36.4. The molecule has 1 saturated heterocycles. The number of halogens is 3. The van der Waals surface area contributed by atoms with Gasteiger partial charge in [-0.3, -0.25) is 25.3 Å². The molecular formula is C28H32F3N7O3. The van der Waals surface area contributed by atoms with Gasteiger partial charge in [0.1, 0.15) is 12.1 Å². The van der Waals surface area contributed by atoms with Crippen molar-refractivity contribution in [3.63, 3.8) is 0 Å². The van der Waals surface area contributed by atoms with E-state index < -0.39 is 17.6 Å². The second-order valence-corrected chi connectivity index (χ2v) is 9.66. The number of carbonyl (C=O) groups excluding carboxylic acids is 2. The van der Waals surface area contributed by atoms with E-state index in [9.17, 15) is 22.8 Å². The zero-order chi connectivity index (χ0) is 29.6. The molecule has 4 rings (SSSR count). The van der Waals surface area contributed by atoms with Crippen molar-refractivity contribution in [2.45, 2.75) is 33.5 Å². The molecule has 218 valence electrons. The predicted molar refractivity (Wildman–Crippen MR) is 148 cm³/mol. The minimum absolute atomic E-state index is 0.0365. The number of hydrogen-bond donors (Lipinski definition) is 3. The molecule has 0 unspecified atom stereocenters. The van der Waals surface area contributed by atoms with Crippen LogP contribution >= 0.6 is 0 Å². The number of likely N-dealkylation sites (N-methyl/N-ethyl adjacent to an activating group) is 1. The molecule has 41 heavy (non-hydrogen) atoms. The summed E-state index contributed by atoms with van der Waals surface area (Å²) < 4.78 is 47.8. The number of nitrogens with one attached hydrogen (secondary N) is 3. The topological polar surface area (TPSA) is 112 Å². The summed E-state index contributed by atoms with van der Waals surface area (Å²) in [5.74, 6) is -0.166. The molecule has 2 aromatic carbocycles. The zero-order valence-corrected chi connectivity index (χ0v) is 23.0. The number of hydrazine groups is 1. The third-order valence-electron chi connectivity index (χ3n) is 6.65. The number of aromatic nitrogens is 2. The Morgan fingerprint density at radius 3 is 2.41 bits per heavy atom. The summed E-state index contributed by atoms with van der Waals surface area (Å²) in [5.41, 5.74) is 5.31. The Kier molecular flexibility index (Phi) is 9.40. The number of aryl methyl sites for hydroxylation is 1. The lowest BCUT2D eigenvalue weighted by Gasteiger charge is -2.34. The van der Waals surface area contributed by atoms with Gasteiger partial charge in [0, 0.05) is 57.0 Å². The number of hydrogen-bond acceptors (Lipinski definition) is 8. The second kappa shape index (κ2) is 13.0. The van der Waals surface area contributed by atoms with Crippen LogP contribution in [-0.4, -0.2) is 64.3 Å². The van der Waals surface area contributed by atoms with E-state index in [1.807, 2.05) is 4.90 Å². The van der Waals surface area contributed by atoms with Gasteiger partial charge in [-0.25, -0.2) is 9.97 Å². The maximum atomic E-state index is 14.0. The van der Waals surface area contributed by atoms with E-state index in [-0.39, 0.29) is 41.0 Å². The number of carbonyl (C=O) groups is 2. The molecule has 0 spiro atoms. The van der Waals surface area contributed by atoms with Crippen LogP contribution in [0.25, 0.3) is 0 Å². The van der Waals surface area contributed by atoms with Crippen molar-refractivity contribution in [1.29, 1.82) is 0 Å². The lowest BCUT2D eigenvalue weighted by molar-refractivity contribution is -0.138. The minimum Gasteiger partial charge on any atom is -0.439 e. The fraction of sp³-hybridized carbons (Fsp3) is 0.357. The average Bonchev–Trinajstić information content (AvgIpc) is 2.94. The lowest BCUT2D eigenvalue weighted by Crippen LogP contribution is -2.45.